The van der Waals surface area contributed by atoms with E-state index in [1.54, 1.807) is 6.07 Å². The van der Waals surface area contributed by atoms with Crippen molar-refractivity contribution in [2.45, 2.75) is 4.90 Å². The van der Waals surface area contributed by atoms with Crippen molar-refractivity contribution in [3.05, 3.63) is 42.5 Å². The quantitative estimate of drug-likeness (QED) is 0.528. The normalized spacial score (nSPS) is 14.9. The van der Waals surface area contributed by atoms with E-state index >= 15 is 0 Å². The van der Waals surface area contributed by atoms with E-state index in [0.29, 0.717) is 24.7 Å². The van der Waals surface area contributed by atoms with Crippen LogP contribution in [0, 0.1) is 0 Å². The molecule has 1 aliphatic heterocycles. The molecule has 0 aromatic heterocycles. The summed E-state index contributed by atoms with van der Waals surface area (Å²) >= 11 is 0. The van der Waals surface area contributed by atoms with Crippen molar-refractivity contribution in [3.63, 3.8) is 0 Å². The van der Waals surface area contributed by atoms with Crippen molar-refractivity contribution < 1.29 is 35.8 Å². The van der Waals surface area contributed by atoms with Crippen LogP contribution in [0.3, 0.4) is 0 Å². The average Bonchev–Trinajstić information content (AvgIpc) is 2.82. The van der Waals surface area contributed by atoms with Gasteiger partial charge in [0, 0.05) is 24.8 Å². The molecule has 11 nitrogen and oxygen atoms in total. The second-order valence-electron chi connectivity index (χ2n) is 7.40. The number of anilines is 2. The van der Waals surface area contributed by atoms with Crippen LogP contribution in [-0.2, 0) is 29.6 Å². The summed E-state index contributed by atoms with van der Waals surface area (Å²) in [6.07, 6.45) is 0.977. The van der Waals surface area contributed by atoms with Crippen molar-refractivity contribution in [2.75, 3.05) is 62.9 Å². The Labute approximate surface area is 199 Å². The minimum absolute atomic E-state index is 0.0891. The van der Waals surface area contributed by atoms with E-state index in [0.717, 1.165) is 10.6 Å². The molecule has 2 aromatic carbocycles. The molecule has 0 bridgehead atoms. The molecular formula is C21H27N3O8S2. The molecule has 0 radical (unpaired) electrons. The van der Waals surface area contributed by atoms with Gasteiger partial charge in [-0.25, -0.2) is 16.8 Å². The van der Waals surface area contributed by atoms with Gasteiger partial charge < -0.3 is 19.5 Å². The molecule has 0 aliphatic carbocycles. The molecule has 0 saturated carbocycles. The molecule has 0 spiro atoms. The van der Waals surface area contributed by atoms with Crippen molar-refractivity contribution in [1.82, 2.24) is 4.31 Å². The summed E-state index contributed by atoms with van der Waals surface area (Å²) in [6.45, 7) is 0.687. The number of nitrogens with zero attached hydrogens (tertiary/aromatic N) is 2. The molecule has 1 aliphatic rings. The fraction of sp³-hybridized carbons (Fsp3) is 0.381. The maximum Gasteiger partial charge on any atom is 0.245 e. The van der Waals surface area contributed by atoms with Crippen molar-refractivity contribution in [1.29, 1.82) is 0 Å². The van der Waals surface area contributed by atoms with Crippen molar-refractivity contribution in [3.8, 4) is 11.5 Å². The van der Waals surface area contributed by atoms with Crippen LogP contribution in [0.2, 0.25) is 0 Å². The highest BCUT2D eigenvalue weighted by molar-refractivity contribution is 7.92. The van der Waals surface area contributed by atoms with Crippen LogP contribution in [0.4, 0.5) is 11.4 Å². The maximum absolute atomic E-state index is 12.7. The minimum atomic E-state index is -3.86. The molecular weight excluding hydrogens is 486 g/mol. The van der Waals surface area contributed by atoms with Gasteiger partial charge >= 0.3 is 0 Å². The van der Waals surface area contributed by atoms with Gasteiger partial charge in [0.25, 0.3) is 0 Å². The highest BCUT2D eigenvalue weighted by atomic mass is 32.2. The van der Waals surface area contributed by atoms with Gasteiger partial charge in [-0.1, -0.05) is 0 Å². The van der Waals surface area contributed by atoms with Gasteiger partial charge in [-0.05, 0) is 36.4 Å². The molecule has 1 fully saturated rings. The van der Waals surface area contributed by atoms with Gasteiger partial charge in [0.1, 0.15) is 18.0 Å². The lowest BCUT2D eigenvalue weighted by molar-refractivity contribution is -0.114. The molecule has 0 unspecified atom stereocenters. The van der Waals surface area contributed by atoms with E-state index < -0.39 is 32.5 Å². The third-order valence-electron chi connectivity index (χ3n) is 5.09. The Hall–Kier alpha value is -2.87. The number of hydrogen-bond donors (Lipinski definition) is 1. The third-order valence-corrected chi connectivity index (χ3v) is 8.13. The zero-order valence-electron chi connectivity index (χ0n) is 19.1. The summed E-state index contributed by atoms with van der Waals surface area (Å²) < 4.78 is 68.2. The van der Waals surface area contributed by atoms with E-state index in [2.05, 4.69) is 5.32 Å². The average molecular weight is 514 g/mol. The van der Waals surface area contributed by atoms with Gasteiger partial charge in [-0.3, -0.25) is 9.10 Å². The maximum atomic E-state index is 12.7. The van der Waals surface area contributed by atoms with Crippen LogP contribution in [0.1, 0.15) is 0 Å². The predicted molar refractivity (Wildman–Crippen MR) is 126 cm³/mol. The topological polar surface area (TPSA) is 132 Å². The molecule has 13 heteroatoms. The zero-order chi connectivity index (χ0) is 24.9. The van der Waals surface area contributed by atoms with Crippen LogP contribution in [0.25, 0.3) is 0 Å². The Morgan fingerprint density at radius 2 is 1.68 bits per heavy atom. The standard InChI is InChI=1S/C21H27N3O8S2/c1-30-17-6-9-20(31-2)19(14-17)24(33(3,26)27)15-21(25)22-16-4-7-18(8-5-16)34(28,29)23-10-12-32-13-11-23/h4-9,14H,10-13,15H2,1-3H3,(H,22,25). The Kier molecular flexibility index (Phi) is 8.02. The van der Waals surface area contributed by atoms with Gasteiger partial charge in [-0.15, -0.1) is 0 Å². The SMILES string of the molecule is COc1ccc(OC)c(N(CC(=O)Nc2ccc(S(=O)(=O)N3CCOCC3)cc2)S(C)(=O)=O)c1. The lowest BCUT2D eigenvalue weighted by atomic mass is 10.2. The predicted octanol–water partition coefficient (Wildman–Crippen LogP) is 1.13. The van der Waals surface area contributed by atoms with Gasteiger partial charge in [0.05, 0.1) is 44.3 Å². The first-order valence-electron chi connectivity index (χ1n) is 10.2. The number of morpholine rings is 1. The summed E-state index contributed by atoms with van der Waals surface area (Å²) in [4.78, 5) is 12.8. The Balaban J connectivity index is 1.77. The van der Waals surface area contributed by atoms with Crippen LogP contribution in [0.15, 0.2) is 47.4 Å². The molecule has 0 atom stereocenters. The van der Waals surface area contributed by atoms with Crippen LogP contribution < -0.4 is 19.1 Å². The van der Waals surface area contributed by atoms with Crippen LogP contribution >= 0.6 is 0 Å². The smallest absolute Gasteiger partial charge is 0.245 e. The van der Waals surface area contributed by atoms with Crippen LogP contribution in [0.5, 0.6) is 11.5 Å². The number of methoxy groups -OCH3 is 2. The Bertz CT molecular complexity index is 1230. The molecule has 1 saturated heterocycles. The summed E-state index contributed by atoms with van der Waals surface area (Å²) in [6, 6.07) is 10.3. The largest absolute Gasteiger partial charge is 0.497 e. The molecule has 2 aromatic rings. The fourth-order valence-electron chi connectivity index (χ4n) is 3.35. The number of nitrogens with one attached hydrogen (secondary N) is 1. The number of amides is 1. The summed E-state index contributed by atoms with van der Waals surface area (Å²) in [5, 5.41) is 2.59. The first-order valence-corrected chi connectivity index (χ1v) is 13.5. The second-order valence-corrected chi connectivity index (χ2v) is 11.2. The van der Waals surface area contributed by atoms with Gasteiger partial charge in [0.2, 0.25) is 26.0 Å². The van der Waals surface area contributed by atoms with E-state index in [4.69, 9.17) is 14.2 Å². The number of ether oxygens (including phenoxy) is 3. The van der Waals surface area contributed by atoms with Gasteiger partial charge in [0.15, 0.2) is 0 Å². The molecule has 1 heterocycles. The van der Waals surface area contributed by atoms with Crippen molar-refractivity contribution >= 4 is 37.3 Å². The number of rotatable bonds is 9. The highest BCUT2D eigenvalue weighted by Gasteiger charge is 2.27. The van der Waals surface area contributed by atoms with E-state index in [1.165, 1.54) is 54.9 Å². The Morgan fingerprint density at radius 3 is 2.24 bits per heavy atom. The zero-order valence-corrected chi connectivity index (χ0v) is 20.7. The molecule has 1 amide bonds. The van der Waals surface area contributed by atoms with E-state index in [-0.39, 0.29) is 29.4 Å². The Morgan fingerprint density at radius 1 is 1.03 bits per heavy atom. The summed E-state index contributed by atoms with van der Waals surface area (Å²) in [7, 11) is -4.70. The lowest BCUT2D eigenvalue weighted by Gasteiger charge is -2.26. The lowest BCUT2D eigenvalue weighted by Crippen LogP contribution is -2.40. The second kappa shape index (κ2) is 10.6. The molecule has 1 N–H and O–H groups in total. The number of sulfonamides is 2. The number of benzene rings is 2. The first-order chi connectivity index (χ1) is 16.1. The molecule has 34 heavy (non-hydrogen) atoms. The van der Waals surface area contributed by atoms with E-state index in [1.807, 2.05) is 0 Å². The van der Waals surface area contributed by atoms with Crippen LogP contribution in [-0.4, -0.2) is 80.4 Å². The fourth-order valence-corrected chi connectivity index (χ4v) is 5.61. The first kappa shape index (κ1) is 25.7. The third kappa shape index (κ3) is 5.97. The monoisotopic (exact) mass is 513 g/mol. The highest BCUT2D eigenvalue weighted by Crippen LogP contribution is 2.33. The summed E-state index contributed by atoms with van der Waals surface area (Å²) in [5.41, 5.74) is 0.462. The van der Waals surface area contributed by atoms with Gasteiger partial charge in [-0.2, -0.15) is 4.31 Å². The number of hydrogen-bond acceptors (Lipinski definition) is 8. The number of carbonyl (C=O) groups excluding carboxylic acids is 1. The minimum Gasteiger partial charge on any atom is -0.497 e. The van der Waals surface area contributed by atoms with Crippen molar-refractivity contribution in [2.24, 2.45) is 0 Å². The summed E-state index contributed by atoms with van der Waals surface area (Å²) in [5.74, 6) is 0.0118. The van der Waals surface area contributed by atoms with E-state index in [9.17, 15) is 21.6 Å². The molecule has 186 valence electrons. The number of carbonyl (C=O) groups is 1. The molecule has 3 rings (SSSR count).